The lowest BCUT2D eigenvalue weighted by atomic mass is 10.00. The van der Waals surface area contributed by atoms with Gasteiger partial charge in [-0.05, 0) is 75.4 Å². The third-order valence-corrected chi connectivity index (χ3v) is 4.18. The Morgan fingerprint density at radius 3 is 2.21 bits per heavy atom. The molecule has 0 fully saturated rings. The molecule has 0 amide bonds. The first-order valence-electron chi connectivity index (χ1n) is 6.00. The molecule has 0 saturated heterocycles. The van der Waals surface area contributed by atoms with Crippen LogP contribution >= 0.6 is 31.9 Å². The van der Waals surface area contributed by atoms with Crippen LogP contribution < -0.4 is 5.56 Å². The summed E-state index contributed by atoms with van der Waals surface area (Å²) in [5, 5.41) is 0. The number of hydrogen-bond acceptors (Lipinski definition) is 1. The van der Waals surface area contributed by atoms with Gasteiger partial charge in [-0.3, -0.25) is 4.79 Å². The predicted molar refractivity (Wildman–Crippen MR) is 85.9 cm³/mol. The Labute approximate surface area is 129 Å². The summed E-state index contributed by atoms with van der Waals surface area (Å²) in [6.07, 6.45) is 1.83. The van der Waals surface area contributed by atoms with Gasteiger partial charge in [-0.1, -0.05) is 17.7 Å². The highest BCUT2D eigenvalue weighted by molar-refractivity contribution is 9.11. The van der Waals surface area contributed by atoms with E-state index in [1.54, 1.807) is 10.6 Å². The monoisotopic (exact) mass is 383 g/mol. The summed E-state index contributed by atoms with van der Waals surface area (Å²) in [6.45, 7) is 6.86. The van der Waals surface area contributed by atoms with Gasteiger partial charge in [0.1, 0.15) is 0 Å². The highest BCUT2D eigenvalue weighted by Gasteiger charge is 2.08. The number of benzene rings is 1. The van der Waals surface area contributed by atoms with Crippen LogP contribution in [0.25, 0.3) is 0 Å². The van der Waals surface area contributed by atoms with Crippen molar-refractivity contribution >= 4 is 31.9 Å². The second kappa shape index (κ2) is 5.63. The van der Waals surface area contributed by atoms with Crippen molar-refractivity contribution in [2.75, 3.05) is 0 Å². The summed E-state index contributed by atoms with van der Waals surface area (Å²) < 4.78 is 3.18. The van der Waals surface area contributed by atoms with E-state index in [0.717, 1.165) is 4.47 Å². The summed E-state index contributed by atoms with van der Waals surface area (Å²) in [7, 11) is 0. The van der Waals surface area contributed by atoms with E-state index in [9.17, 15) is 4.79 Å². The summed E-state index contributed by atoms with van der Waals surface area (Å²) in [5.41, 5.74) is 4.89. The van der Waals surface area contributed by atoms with E-state index in [2.05, 4.69) is 64.8 Å². The number of aromatic nitrogens is 1. The molecular formula is C15H15Br2NO. The van der Waals surface area contributed by atoms with Crippen LogP contribution in [0.1, 0.15) is 22.3 Å². The summed E-state index contributed by atoms with van der Waals surface area (Å²) in [4.78, 5) is 12.1. The average Bonchev–Trinajstić information content (AvgIpc) is 2.29. The van der Waals surface area contributed by atoms with Gasteiger partial charge in [0.05, 0.1) is 11.0 Å². The van der Waals surface area contributed by atoms with Gasteiger partial charge in [0, 0.05) is 10.7 Å². The van der Waals surface area contributed by atoms with Crippen LogP contribution in [-0.4, -0.2) is 4.57 Å². The maximum atomic E-state index is 12.1. The minimum Gasteiger partial charge on any atom is -0.309 e. The van der Waals surface area contributed by atoms with Crippen molar-refractivity contribution < 1.29 is 0 Å². The SMILES string of the molecule is Cc1cc(C)c(Cn2cc(Br)cc(Br)c2=O)c(C)c1. The Bertz CT molecular complexity index is 666. The zero-order valence-electron chi connectivity index (χ0n) is 11.1. The standard InChI is InChI=1S/C15H15Br2NO/c1-9-4-10(2)13(11(3)5-9)8-18-7-12(16)6-14(17)15(18)19/h4-7H,8H2,1-3H3. The molecule has 0 bridgehead atoms. The molecule has 0 spiro atoms. The second-order valence-electron chi connectivity index (χ2n) is 4.82. The molecule has 0 N–H and O–H groups in total. The van der Waals surface area contributed by atoms with Gasteiger partial charge in [-0.25, -0.2) is 0 Å². The molecule has 2 rings (SSSR count). The van der Waals surface area contributed by atoms with Gasteiger partial charge < -0.3 is 4.57 Å². The molecule has 0 aliphatic carbocycles. The molecular weight excluding hydrogens is 370 g/mol. The van der Waals surface area contributed by atoms with Crippen LogP contribution in [0.3, 0.4) is 0 Å². The first-order chi connectivity index (χ1) is 8.88. The number of aryl methyl sites for hydroxylation is 3. The lowest BCUT2D eigenvalue weighted by Crippen LogP contribution is -2.21. The van der Waals surface area contributed by atoms with Gasteiger partial charge in [-0.15, -0.1) is 0 Å². The van der Waals surface area contributed by atoms with E-state index in [-0.39, 0.29) is 5.56 Å². The Hall–Kier alpha value is -0.870. The largest absolute Gasteiger partial charge is 0.309 e. The van der Waals surface area contributed by atoms with Crippen molar-refractivity contribution in [1.29, 1.82) is 0 Å². The van der Waals surface area contributed by atoms with Gasteiger partial charge in [-0.2, -0.15) is 0 Å². The average molecular weight is 385 g/mol. The van der Waals surface area contributed by atoms with Gasteiger partial charge in [0.15, 0.2) is 0 Å². The van der Waals surface area contributed by atoms with Gasteiger partial charge in [0.25, 0.3) is 5.56 Å². The Morgan fingerprint density at radius 1 is 1.05 bits per heavy atom. The lowest BCUT2D eigenvalue weighted by molar-refractivity contribution is 0.743. The third kappa shape index (κ3) is 3.18. The molecule has 2 nitrogen and oxygen atoms in total. The first kappa shape index (κ1) is 14.5. The Kier molecular flexibility index (Phi) is 4.31. The minimum absolute atomic E-state index is 0.0115. The Morgan fingerprint density at radius 2 is 1.63 bits per heavy atom. The summed E-state index contributed by atoms with van der Waals surface area (Å²) in [5.74, 6) is 0. The molecule has 2 aromatic rings. The molecule has 19 heavy (non-hydrogen) atoms. The number of nitrogens with zero attached hydrogens (tertiary/aromatic N) is 1. The number of halogens is 2. The fraction of sp³-hybridized carbons (Fsp3) is 0.267. The van der Waals surface area contributed by atoms with E-state index in [1.165, 1.54) is 22.3 Å². The molecule has 1 aromatic heterocycles. The molecule has 0 atom stereocenters. The predicted octanol–water partition coefficient (Wildman–Crippen LogP) is 4.35. The van der Waals surface area contributed by atoms with Gasteiger partial charge in [0.2, 0.25) is 0 Å². The van der Waals surface area contributed by atoms with E-state index < -0.39 is 0 Å². The van der Waals surface area contributed by atoms with E-state index >= 15 is 0 Å². The molecule has 0 unspecified atom stereocenters. The molecule has 1 heterocycles. The molecule has 4 heteroatoms. The number of hydrogen-bond donors (Lipinski definition) is 0. The fourth-order valence-corrected chi connectivity index (χ4v) is 3.57. The van der Waals surface area contributed by atoms with Crippen LogP contribution in [0, 0.1) is 20.8 Å². The normalized spacial score (nSPS) is 10.8. The minimum atomic E-state index is -0.0115. The van der Waals surface area contributed by atoms with E-state index in [4.69, 9.17) is 0 Å². The maximum Gasteiger partial charge on any atom is 0.265 e. The highest BCUT2D eigenvalue weighted by Crippen LogP contribution is 2.19. The van der Waals surface area contributed by atoms with Crippen molar-refractivity contribution in [3.05, 3.63) is 65.9 Å². The van der Waals surface area contributed by atoms with Crippen LogP contribution in [0.4, 0.5) is 0 Å². The first-order valence-corrected chi connectivity index (χ1v) is 7.59. The fourth-order valence-electron chi connectivity index (χ4n) is 2.31. The molecule has 0 aliphatic heterocycles. The van der Waals surface area contributed by atoms with Crippen LogP contribution in [0.15, 0.2) is 38.1 Å². The van der Waals surface area contributed by atoms with Crippen molar-refractivity contribution in [3.63, 3.8) is 0 Å². The molecule has 100 valence electrons. The van der Waals surface area contributed by atoms with Crippen molar-refractivity contribution in [2.24, 2.45) is 0 Å². The van der Waals surface area contributed by atoms with Crippen LogP contribution in [0.5, 0.6) is 0 Å². The second-order valence-corrected chi connectivity index (χ2v) is 6.59. The van der Waals surface area contributed by atoms with E-state index in [1.807, 2.05) is 6.20 Å². The van der Waals surface area contributed by atoms with Crippen molar-refractivity contribution in [3.8, 4) is 0 Å². The zero-order chi connectivity index (χ0) is 14.2. The quantitative estimate of drug-likeness (QED) is 0.754. The Balaban J connectivity index is 2.51. The van der Waals surface area contributed by atoms with Crippen LogP contribution in [0.2, 0.25) is 0 Å². The summed E-state index contributed by atoms with van der Waals surface area (Å²) >= 11 is 6.71. The van der Waals surface area contributed by atoms with Crippen LogP contribution in [-0.2, 0) is 6.54 Å². The maximum absolute atomic E-state index is 12.1. The lowest BCUT2D eigenvalue weighted by Gasteiger charge is -2.13. The van der Waals surface area contributed by atoms with Gasteiger partial charge >= 0.3 is 0 Å². The molecule has 0 aliphatic rings. The molecule has 0 saturated carbocycles. The van der Waals surface area contributed by atoms with E-state index in [0.29, 0.717) is 11.0 Å². The van der Waals surface area contributed by atoms with Crippen molar-refractivity contribution in [1.82, 2.24) is 4.57 Å². The zero-order valence-corrected chi connectivity index (χ0v) is 14.3. The van der Waals surface area contributed by atoms with Crippen molar-refractivity contribution in [2.45, 2.75) is 27.3 Å². The molecule has 1 aromatic carbocycles. The smallest absolute Gasteiger partial charge is 0.265 e. The topological polar surface area (TPSA) is 22.0 Å². The number of rotatable bonds is 2. The third-order valence-electron chi connectivity index (χ3n) is 3.18. The highest BCUT2D eigenvalue weighted by atomic mass is 79.9. The number of pyridine rings is 1. The summed E-state index contributed by atoms with van der Waals surface area (Å²) in [6, 6.07) is 6.08. The molecule has 0 radical (unpaired) electrons.